The van der Waals surface area contributed by atoms with Gasteiger partial charge >= 0.3 is 5.97 Å². The van der Waals surface area contributed by atoms with E-state index in [1.165, 1.54) is 0 Å². The monoisotopic (exact) mass is 555 g/mol. The number of esters is 1. The zero-order valence-electron chi connectivity index (χ0n) is 23.0. The van der Waals surface area contributed by atoms with Gasteiger partial charge in [-0.25, -0.2) is 4.98 Å². The summed E-state index contributed by atoms with van der Waals surface area (Å²) in [4.78, 5) is 49.9. The quantitative estimate of drug-likeness (QED) is 0.495. The molecule has 11 heteroatoms. The Hall–Kier alpha value is -3.02. The van der Waals surface area contributed by atoms with E-state index in [1.54, 1.807) is 35.5 Å². The number of rotatable bonds is 8. The lowest BCUT2D eigenvalue weighted by atomic mass is 10.0. The Balaban J connectivity index is 1.25. The molecule has 4 heterocycles. The molecule has 1 aromatic heterocycles. The molecule has 0 radical (unpaired) electrons. The minimum Gasteiger partial charge on any atom is -0.457 e. The minimum atomic E-state index is -0.714. The van der Waals surface area contributed by atoms with Gasteiger partial charge in [-0.15, -0.1) is 11.3 Å². The summed E-state index contributed by atoms with van der Waals surface area (Å²) in [6.07, 6.45) is -0.197. The highest BCUT2D eigenvalue weighted by Crippen LogP contribution is 2.33. The Bertz CT molecular complexity index is 1190. The first-order chi connectivity index (χ1) is 18.7. The molecule has 210 valence electrons. The number of carbonyl (C=O) groups is 3. The van der Waals surface area contributed by atoms with Gasteiger partial charge in [0.2, 0.25) is 5.91 Å². The molecule has 2 aromatic rings. The Morgan fingerprint density at radius 2 is 1.90 bits per heavy atom. The largest absolute Gasteiger partial charge is 0.457 e. The zero-order chi connectivity index (χ0) is 27.7. The summed E-state index contributed by atoms with van der Waals surface area (Å²) in [5, 5.41) is 6.02. The van der Waals surface area contributed by atoms with Crippen LogP contribution in [0, 0.1) is 5.92 Å². The fourth-order valence-electron chi connectivity index (χ4n) is 5.54. The van der Waals surface area contributed by atoms with E-state index in [0.29, 0.717) is 18.5 Å². The van der Waals surface area contributed by atoms with Gasteiger partial charge in [0, 0.05) is 49.8 Å². The molecule has 0 spiro atoms. The molecule has 3 saturated heterocycles. The maximum absolute atomic E-state index is 13.6. The lowest BCUT2D eigenvalue weighted by molar-refractivity contribution is -0.145. The summed E-state index contributed by atoms with van der Waals surface area (Å²) in [6.45, 7) is 8.34. The van der Waals surface area contributed by atoms with E-state index in [4.69, 9.17) is 14.5 Å². The number of likely N-dealkylation sites (N-methyl/N-ethyl adjacent to an activating group) is 1. The number of hydrogen-bond donors (Lipinski definition) is 1. The summed E-state index contributed by atoms with van der Waals surface area (Å²) in [5.41, 5.74) is 2.30. The van der Waals surface area contributed by atoms with Crippen molar-refractivity contribution in [2.75, 3.05) is 51.8 Å². The van der Waals surface area contributed by atoms with E-state index in [2.05, 4.69) is 22.2 Å². The molecule has 5 rings (SSSR count). The number of amides is 2. The summed E-state index contributed by atoms with van der Waals surface area (Å²) >= 11 is 1.64. The second kappa shape index (κ2) is 11.6. The lowest BCUT2D eigenvalue weighted by Crippen LogP contribution is -2.51. The van der Waals surface area contributed by atoms with Crippen molar-refractivity contribution in [3.8, 4) is 11.3 Å². The topological polar surface area (TPSA) is 104 Å². The lowest BCUT2D eigenvalue weighted by Gasteiger charge is -2.32. The van der Waals surface area contributed by atoms with Gasteiger partial charge < -0.3 is 29.5 Å². The number of aromatic nitrogens is 1. The Morgan fingerprint density at radius 3 is 2.56 bits per heavy atom. The average Bonchev–Trinajstić information content (AvgIpc) is 3.63. The number of hydrogen-bond acceptors (Lipinski definition) is 9. The van der Waals surface area contributed by atoms with Crippen molar-refractivity contribution >= 4 is 34.3 Å². The fourth-order valence-corrected chi connectivity index (χ4v) is 6.43. The number of ether oxygens (including phenoxy) is 2. The van der Waals surface area contributed by atoms with E-state index in [0.717, 1.165) is 42.6 Å². The number of likely N-dealkylation sites (tertiary alicyclic amines) is 1. The van der Waals surface area contributed by atoms with Gasteiger partial charge in [-0.1, -0.05) is 26.0 Å². The molecule has 0 aliphatic carbocycles. The molecule has 0 bridgehead atoms. The van der Waals surface area contributed by atoms with Crippen molar-refractivity contribution in [3.05, 3.63) is 35.2 Å². The van der Waals surface area contributed by atoms with Gasteiger partial charge in [-0.3, -0.25) is 14.4 Å². The number of carbonyl (C=O) groups excluding carboxylic acids is 3. The van der Waals surface area contributed by atoms with Crippen LogP contribution in [0.1, 0.15) is 37.0 Å². The third-order valence-corrected chi connectivity index (χ3v) is 8.67. The molecule has 3 aliphatic heterocycles. The SMILES string of the molecule is CO[C@@H]1CN(C(=O)C(CC(C)C)NC(=O)c2ccc(-c3csc(N4CCN(C)CC4)n3)cc2)[C@H]2CC(=O)O[C@H]12. The van der Waals surface area contributed by atoms with Gasteiger partial charge in [0.25, 0.3) is 5.91 Å². The van der Waals surface area contributed by atoms with Gasteiger partial charge in [0.1, 0.15) is 12.1 Å². The number of anilines is 1. The smallest absolute Gasteiger partial charge is 0.308 e. The number of nitrogens with one attached hydrogen (secondary N) is 1. The van der Waals surface area contributed by atoms with Crippen LogP contribution in [0.4, 0.5) is 5.13 Å². The van der Waals surface area contributed by atoms with Crippen molar-refractivity contribution in [3.63, 3.8) is 0 Å². The van der Waals surface area contributed by atoms with E-state index in [-0.39, 0.29) is 42.3 Å². The molecule has 2 amide bonds. The van der Waals surface area contributed by atoms with Crippen LogP contribution in [0.15, 0.2) is 29.6 Å². The number of fused-ring (bicyclic) bond motifs is 1. The van der Waals surface area contributed by atoms with Crippen LogP contribution in [0.5, 0.6) is 0 Å². The third-order valence-electron chi connectivity index (χ3n) is 7.77. The highest BCUT2D eigenvalue weighted by atomic mass is 32.1. The Morgan fingerprint density at radius 1 is 1.18 bits per heavy atom. The molecular formula is C28H37N5O5S. The van der Waals surface area contributed by atoms with Crippen LogP contribution in [-0.2, 0) is 19.1 Å². The van der Waals surface area contributed by atoms with Crippen LogP contribution in [0.2, 0.25) is 0 Å². The molecule has 1 unspecified atom stereocenters. The van der Waals surface area contributed by atoms with Crippen molar-refractivity contribution in [2.45, 2.75) is 51.0 Å². The zero-order valence-corrected chi connectivity index (χ0v) is 23.8. The molecule has 0 saturated carbocycles. The number of methoxy groups -OCH3 is 1. The van der Waals surface area contributed by atoms with Crippen LogP contribution in [-0.4, -0.2) is 104 Å². The maximum Gasteiger partial charge on any atom is 0.308 e. The minimum absolute atomic E-state index is 0.146. The van der Waals surface area contributed by atoms with Crippen molar-refractivity contribution in [1.29, 1.82) is 0 Å². The first-order valence-corrected chi connectivity index (χ1v) is 14.4. The van der Waals surface area contributed by atoms with E-state index >= 15 is 0 Å². The average molecular weight is 556 g/mol. The highest BCUT2D eigenvalue weighted by Gasteiger charge is 2.52. The molecule has 3 fully saturated rings. The van der Waals surface area contributed by atoms with Crippen molar-refractivity contribution in [1.82, 2.24) is 20.1 Å². The second-order valence-corrected chi connectivity index (χ2v) is 11.9. The molecule has 1 aromatic carbocycles. The first-order valence-electron chi connectivity index (χ1n) is 13.6. The predicted octanol–water partition coefficient (Wildman–Crippen LogP) is 2.25. The molecule has 1 N–H and O–H groups in total. The first kappa shape index (κ1) is 27.5. The predicted molar refractivity (Wildman–Crippen MR) is 149 cm³/mol. The van der Waals surface area contributed by atoms with E-state index in [1.807, 2.05) is 31.4 Å². The van der Waals surface area contributed by atoms with Crippen LogP contribution < -0.4 is 10.2 Å². The van der Waals surface area contributed by atoms with Crippen LogP contribution in [0.25, 0.3) is 11.3 Å². The highest BCUT2D eigenvalue weighted by molar-refractivity contribution is 7.14. The van der Waals surface area contributed by atoms with Gasteiger partial charge in [0.05, 0.1) is 24.7 Å². The summed E-state index contributed by atoms with van der Waals surface area (Å²) in [6, 6.07) is 6.25. The molecule has 4 atom stereocenters. The van der Waals surface area contributed by atoms with Gasteiger partial charge in [-0.05, 0) is 31.5 Å². The number of benzene rings is 1. The molecule has 3 aliphatic rings. The van der Waals surface area contributed by atoms with Gasteiger partial charge in [-0.2, -0.15) is 0 Å². The van der Waals surface area contributed by atoms with Crippen molar-refractivity contribution < 1.29 is 23.9 Å². The Kier molecular flexibility index (Phi) is 8.20. The number of piperazine rings is 1. The number of nitrogens with zero attached hydrogens (tertiary/aromatic N) is 4. The summed E-state index contributed by atoms with van der Waals surface area (Å²) < 4.78 is 10.9. The van der Waals surface area contributed by atoms with E-state index in [9.17, 15) is 14.4 Å². The molecular weight excluding hydrogens is 518 g/mol. The number of thiazole rings is 1. The van der Waals surface area contributed by atoms with Crippen LogP contribution >= 0.6 is 11.3 Å². The fraction of sp³-hybridized carbons (Fsp3) is 0.571. The normalized spacial score (nSPS) is 24.1. The summed E-state index contributed by atoms with van der Waals surface area (Å²) in [5.74, 6) is -0.668. The summed E-state index contributed by atoms with van der Waals surface area (Å²) in [7, 11) is 3.69. The molecule has 39 heavy (non-hydrogen) atoms. The van der Waals surface area contributed by atoms with Gasteiger partial charge in [0.15, 0.2) is 11.2 Å². The Labute approximate surface area is 233 Å². The third kappa shape index (κ3) is 5.95. The standard InChI is InChI=1S/C28H37N5O5S/c1-17(2)13-20(27(36)33-15-23(37-4)25-22(33)14-24(34)38-25)29-26(35)19-7-5-18(6-8-19)21-16-39-28(30-21)32-11-9-31(3)10-12-32/h5-8,16-17,20,22-23,25H,9-15H2,1-4H3,(H,29,35)/t20?,22-,23+,25-/m0/s1. The van der Waals surface area contributed by atoms with Crippen LogP contribution in [0.3, 0.4) is 0 Å². The van der Waals surface area contributed by atoms with E-state index < -0.39 is 12.1 Å². The maximum atomic E-state index is 13.6. The van der Waals surface area contributed by atoms with Crippen molar-refractivity contribution in [2.24, 2.45) is 5.92 Å². The molecule has 10 nitrogen and oxygen atoms in total. The second-order valence-electron chi connectivity index (χ2n) is 11.0.